The molecule has 0 radical (unpaired) electrons. The van der Waals surface area contributed by atoms with Gasteiger partial charge in [0.25, 0.3) is 0 Å². The van der Waals surface area contributed by atoms with E-state index in [0.717, 1.165) is 13.1 Å². The third kappa shape index (κ3) is 3.33. The second kappa shape index (κ2) is 5.41. The van der Waals surface area contributed by atoms with E-state index in [1.165, 1.54) is 12.1 Å². The Bertz CT molecular complexity index is 370. The first-order valence-corrected chi connectivity index (χ1v) is 7.02. The summed E-state index contributed by atoms with van der Waals surface area (Å²) in [5.74, 6) is 0.713. The molecule has 100 valence electrons. The zero-order valence-electron chi connectivity index (χ0n) is 12.1. The summed E-state index contributed by atoms with van der Waals surface area (Å²) in [6.07, 6.45) is 0. The van der Waals surface area contributed by atoms with Crippen molar-refractivity contribution in [3.8, 4) is 0 Å². The predicted octanol–water partition coefficient (Wildman–Crippen LogP) is 3.07. The molecule has 1 fully saturated rings. The van der Waals surface area contributed by atoms with E-state index < -0.39 is 0 Å². The minimum Gasteiger partial charge on any atom is -0.309 e. The molecule has 0 aromatic heterocycles. The minimum atomic E-state index is 0.222. The molecular weight excluding hydrogens is 220 g/mol. The van der Waals surface area contributed by atoms with E-state index in [1.807, 2.05) is 0 Å². The van der Waals surface area contributed by atoms with Gasteiger partial charge >= 0.3 is 0 Å². The first-order chi connectivity index (χ1) is 8.48. The van der Waals surface area contributed by atoms with Gasteiger partial charge in [-0.3, -0.25) is 4.90 Å². The largest absolute Gasteiger partial charge is 0.309 e. The Balaban J connectivity index is 2.17. The van der Waals surface area contributed by atoms with Crippen LogP contribution in [-0.2, 0) is 0 Å². The van der Waals surface area contributed by atoms with Crippen LogP contribution >= 0.6 is 0 Å². The summed E-state index contributed by atoms with van der Waals surface area (Å²) in [6, 6.07) is 11.4. The second-order valence-corrected chi connectivity index (χ2v) is 6.51. The Labute approximate surface area is 111 Å². The van der Waals surface area contributed by atoms with Gasteiger partial charge in [0.2, 0.25) is 0 Å². The lowest BCUT2D eigenvalue weighted by Gasteiger charge is -2.45. The highest BCUT2D eigenvalue weighted by molar-refractivity contribution is 5.20. The molecular formula is C16H26N2. The Morgan fingerprint density at radius 3 is 2.56 bits per heavy atom. The molecule has 1 aliphatic rings. The number of benzene rings is 1. The maximum Gasteiger partial charge on any atom is 0.0473 e. The van der Waals surface area contributed by atoms with Crippen LogP contribution < -0.4 is 5.32 Å². The molecule has 0 saturated carbocycles. The summed E-state index contributed by atoms with van der Waals surface area (Å²) in [6.45, 7) is 12.5. The molecule has 1 aliphatic heterocycles. The van der Waals surface area contributed by atoms with Crippen molar-refractivity contribution in [2.24, 2.45) is 5.92 Å². The SMILES string of the molecule is CC(C)CN1CC(C)(C)NCC1c1ccccc1. The summed E-state index contributed by atoms with van der Waals surface area (Å²) in [7, 11) is 0. The van der Waals surface area contributed by atoms with Crippen LogP contribution in [0.15, 0.2) is 30.3 Å². The Kier molecular flexibility index (Phi) is 4.08. The maximum absolute atomic E-state index is 3.67. The summed E-state index contributed by atoms with van der Waals surface area (Å²) in [4.78, 5) is 2.64. The van der Waals surface area contributed by atoms with Crippen LogP contribution in [0.1, 0.15) is 39.3 Å². The molecule has 2 nitrogen and oxygen atoms in total. The molecule has 2 rings (SSSR count). The van der Waals surface area contributed by atoms with E-state index in [0.29, 0.717) is 12.0 Å². The van der Waals surface area contributed by atoms with Crippen molar-refractivity contribution in [1.29, 1.82) is 0 Å². The van der Waals surface area contributed by atoms with Crippen LogP contribution in [0.5, 0.6) is 0 Å². The van der Waals surface area contributed by atoms with Crippen LogP contribution in [0.2, 0.25) is 0 Å². The lowest BCUT2D eigenvalue weighted by atomic mass is 9.94. The van der Waals surface area contributed by atoms with Crippen molar-refractivity contribution in [1.82, 2.24) is 10.2 Å². The monoisotopic (exact) mass is 246 g/mol. The maximum atomic E-state index is 3.67. The van der Waals surface area contributed by atoms with Crippen LogP contribution in [0.25, 0.3) is 0 Å². The number of piperazine rings is 1. The van der Waals surface area contributed by atoms with Crippen molar-refractivity contribution < 1.29 is 0 Å². The van der Waals surface area contributed by atoms with Gasteiger partial charge < -0.3 is 5.32 Å². The first-order valence-electron chi connectivity index (χ1n) is 7.02. The summed E-state index contributed by atoms with van der Waals surface area (Å²) >= 11 is 0. The first kappa shape index (κ1) is 13.6. The van der Waals surface area contributed by atoms with E-state index in [1.54, 1.807) is 0 Å². The fourth-order valence-corrected chi connectivity index (χ4v) is 2.84. The van der Waals surface area contributed by atoms with E-state index in [2.05, 4.69) is 68.2 Å². The van der Waals surface area contributed by atoms with E-state index in [9.17, 15) is 0 Å². The van der Waals surface area contributed by atoms with Gasteiger partial charge in [-0.05, 0) is 25.3 Å². The highest BCUT2D eigenvalue weighted by Crippen LogP contribution is 2.27. The van der Waals surface area contributed by atoms with Crippen LogP contribution in [0, 0.1) is 5.92 Å². The molecule has 0 spiro atoms. The second-order valence-electron chi connectivity index (χ2n) is 6.51. The van der Waals surface area contributed by atoms with Gasteiger partial charge in [0.15, 0.2) is 0 Å². The van der Waals surface area contributed by atoms with E-state index >= 15 is 0 Å². The summed E-state index contributed by atoms with van der Waals surface area (Å²) in [5, 5.41) is 3.67. The van der Waals surface area contributed by atoms with Gasteiger partial charge in [-0.1, -0.05) is 44.2 Å². The molecule has 1 atom stereocenters. The molecule has 1 aromatic carbocycles. The fourth-order valence-electron chi connectivity index (χ4n) is 2.84. The molecule has 1 N–H and O–H groups in total. The third-order valence-corrected chi connectivity index (χ3v) is 3.60. The summed E-state index contributed by atoms with van der Waals surface area (Å²) in [5.41, 5.74) is 1.65. The molecule has 0 aliphatic carbocycles. The van der Waals surface area contributed by atoms with Gasteiger partial charge in [-0.2, -0.15) is 0 Å². The van der Waals surface area contributed by atoms with Crippen molar-refractivity contribution in [3.05, 3.63) is 35.9 Å². The molecule has 1 aromatic rings. The van der Waals surface area contributed by atoms with Gasteiger partial charge in [0, 0.05) is 31.2 Å². The molecule has 0 amide bonds. The lowest BCUT2D eigenvalue weighted by molar-refractivity contribution is 0.0836. The molecule has 0 bridgehead atoms. The Morgan fingerprint density at radius 1 is 1.28 bits per heavy atom. The standard InChI is InChI=1S/C16H26N2/c1-13(2)11-18-12-16(3,4)17-10-15(18)14-8-6-5-7-9-14/h5-9,13,15,17H,10-12H2,1-4H3. The zero-order valence-corrected chi connectivity index (χ0v) is 12.1. The average molecular weight is 246 g/mol. The van der Waals surface area contributed by atoms with Crippen LogP contribution in [0.3, 0.4) is 0 Å². The van der Waals surface area contributed by atoms with E-state index in [4.69, 9.17) is 0 Å². The van der Waals surface area contributed by atoms with Crippen LogP contribution in [-0.4, -0.2) is 30.1 Å². The van der Waals surface area contributed by atoms with Gasteiger partial charge in [0.1, 0.15) is 0 Å². The van der Waals surface area contributed by atoms with Gasteiger partial charge in [-0.15, -0.1) is 0 Å². The van der Waals surface area contributed by atoms with Crippen molar-refractivity contribution >= 4 is 0 Å². The smallest absolute Gasteiger partial charge is 0.0473 e. The van der Waals surface area contributed by atoms with Gasteiger partial charge in [-0.25, -0.2) is 0 Å². The Hall–Kier alpha value is -0.860. The molecule has 1 unspecified atom stereocenters. The topological polar surface area (TPSA) is 15.3 Å². The molecule has 1 heterocycles. The molecule has 18 heavy (non-hydrogen) atoms. The van der Waals surface area contributed by atoms with Crippen molar-refractivity contribution in [2.45, 2.75) is 39.3 Å². The normalized spacial score (nSPS) is 24.4. The minimum absolute atomic E-state index is 0.222. The number of hydrogen-bond acceptors (Lipinski definition) is 2. The van der Waals surface area contributed by atoms with Crippen molar-refractivity contribution in [3.63, 3.8) is 0 Å². The van der Waals surface area contributed by atoms with Crippen LogP contribution in [0.4, 0.5) is 0 Å². The predicted molar refractivity (Wildman–Crippen MR) is 77.7 cm³/mol. The third-order valence-electron chi connectivity index (χ3n) is 3.60. The van der Waals surface area contributed by atoms with E-state index in [-0.39, 0.29) is 5.54 Å². The molecule has 2 heteroatoms. The number of nitrogens with zero attached hydrogens (tertiary/aromatic N) is 1. The number of rotatable bonds is 3. The average Bonchev–Trinajstić information content (AvgIpc) is 2.28. The highest BCUT2D eigenvalue weighted by atomic mass is 15.2. The zero-order chi connectivity index (χ0) is 13.2. The number of hydrogen-bond donors (Lipinski definition) is 1. The highest BCUT2D eigenvalue weighted by Gasteiger charge is 2.33. The molecule has 1 saturated heterocycles. The quantitative estimate of drug-likeness (QED) is 0.882. The fraction of sp³-hybridized carbons (Fsp3) is 0.625. The van der Waals surface area contributed by atoms with Crippen molar-refractivity contribution in [2.75, 3.05) is 19.6 Å². The van der Waals surface area contributed by atoms with Gasteiger partial charge in [0.05, 0.1) is 0 Å². The summed E-state index contributed by atoms with van der Waals surface area (Å²) < 4.78 is 0. The Morgan fingerprint density at radius 2 is 1.94 bits per heavy atom. The lowest BCUT2D eigenvalue weighted by Crippen LogP contribution is -2.58. The number of nitrogens with one attached hydrogen (secondary N) is 1.